The summed E-state index contributed by atoms with van der Waals surface area (Å²) < 4.78 is 5.99. The van der Waals surface area contributed by atoms with E-state index >= 15 is 0 Å². The van der Waals surface area contributed by atoms with Gasteiger partial charge in [0.15, 0.2) is 0 Å². The van der Waals surface area contributed by atoms with Crippen molar-refractivity contribution >= 4 is 31.0 Å². The molecule has 0 N–H and O–H groups in total. The molecule has 1 heterocycles. The van der Waals surface area contributed by atoms with Crippen LogP contribution in [0.15, 0.2) is 16.3 Å². The van der Waals surface area contributed by atoms with Gasteiger partial charge >= 0.3 is 0 Å². The molecule has 1 nitrogen and oxygen atoms in total. The topological polar surface area (TPSA) is 13.1 Å². The highest BCUT2D eigenvalue weighted by Crippen LogP contribution is 2.11. The lowest BCUT2D eigenvalue weighted by Crippen LogP contribution is -1.43. The second-order valence-corrected chi connectivity index (χ2v) is 2.77. The molecule has 1 aromatic rings. The molecule has 0 saturated carbocycles. The van der Waals surface area contributed by atoms with Crippen LogP contribution in [0, 0.1) is 3.57 Å². The van der Waals surface area contributed by atoms with Crippen molar-refractivity contribution in [2.45, 2.75) is 0 Å². The van der Waals surface area contributed by atoms with E-state index in [0.717, 1.165) is 8.43 Å². The van der Waals surface area contributed by atoms with E-state index < -0.39 is 0 Å². The molecule has 0 atom stereocenters. The molecule has 1 rings (SSSR count). The largest absolute Gasteiger partial charge is 0.446 e. The van der Waals surface area contributed by atoms with E-state index in [4.69, 9.17) is 4.20 Å². The van der Waals surface area contributed by atoms with Crippen LogP contribution in [0.1, 0.15) is 0 Å². The van der Waals surface area contributed by atoms with Crippen molar-refractivity contribution in [3.63, 3.8) is 0 Å². The van der Waals surface area contributed by atoms with Gasteiger partial charge in [-0.3, -0.25) is 0 Å². The molecule has 3 heteroatoms. The van der Waals surface area contributed by atoms with Crippen LogP contribution in [-0.4, -0.2) is 0 Å². The highest BCUT2D eigenvalue weighted by Gasteiger charge is 1.79. The van der Waals surface area contributed by atoms with Crippen LogP contribution in [-0.2, 0) is 0 Å². The molecule has 0 aliphatic carbocycles. The summed E-state index contributed by atoms with van der Waals surface area (Å²) in [4.78, 5) is 0. The van der Waals surface area contributed by atoms with Gasteiger partial charge in [0.1, 0.15) is 14.7 Å². The second kappa shape index (κ2) is 1.94. The zero-order chi connectivity index (χ0) is 4.41. The van der Waals surface area contributed by atoms with Crippen LogP contribution in [0.2, 0.25) is 0 Å². The van der Waals surface area contributed by atoms with Gasteiger partial charge in [-0.25, -0.2) is 0 Å². The van der Waals surface area contributed by atoms with E-state index in [0.29, 0.717) is 0 Å². The Bertz CT molecular complexity index is 114. The maximum absolute atomic E-state index is 4.80. The van der Waals surface area contributed by atoms with Gasteiger partial charge in [0.2, 0.25) is 0 Å². The van der Waals surface area contributed by atoms with E-state index in [1.807, 2.05) is 5.80 Å². The van der Waals surface area contributed by atoms with Gasteiger partial charge in [-0.1, -0.05) is 0 Å². The minimum Gasteiger partial charge on any atom is -0.446 e. The fourth-order valence-corrected chi connectivity index (χ4v) is 1.26. The predicted molar refractivity (Wildman–Crippen MR) is 33.9 cm³/mol. The highest BCUT2D eigenvalue weighted by atomic mass is 127. The van der Waals surface area contributed by atoms with Crippen LogP contribution >= 0.6 is 31.0 Å². The first-order valence-electron chi connectivity index (χ1n) is 1.44. The molecule has 0 aromatic carbocycles. The molecule has 32 valence electrons. The molecule has 0 aliphatic heterocycles. The Labute approximate surface area is 51.1 Å². The summed E-state index contributed by atoms with van der Waals surface area (Å²) in [5, 5.41) is 0. The molecule has 0 spiro atoms. The second-order valence-electron chi connectivity index (χ2n) is 0.843. The SMILES string of the molecule is Ic1copc1. The van der Waals surface area contributed by atoms with Crippen LogP contribution in [0.3, 0.4) is 0 Å². The average molecular weight is 212 g/mol. The maximum Gasteiger partial charge on any atom is 0.125 e. The van der Waals surface area contributed by atoms with Crippen molar-refractivity contribution in [1.82, 2.24) is 0 Å². The third kappa shape index (κ3) is 0.949. The van der Waals surface area contributed by atoms with Gasteiger partial charge in [0.05, 0.1) is 3.57 Å². The fourth-order valence-electron chi connectivity index (χ4n) is 0.192. The normalized spacial score (nSPS) is 10.2. The van der Waals surface area contributed by atoms with Gasteiger partial charge in [0, 0.05) is 5.80 Å². The fraction of sp³-hybridized carbons (Fsp3) is 0. The summed E-state index contributed by atoms with van der Waals surface area (Å²) in [6.45, 7) is 0. The molecule has 0 bridgehead atoms. The Morgan fingerprint density at radius 1 is 1.83 bits per heavy atom. The maximum atomic E-state index is 4.80. The number of halogens is 1. The first-order chi connectivity index (χ1) is 2.89. The van der Waals surface area contributed by atoms with E-state index in [1.54, 1.807) is 6.26 Å². The summed E-state index contributed by atoms with van der Waals surface area (Å²) in [7, 11) is 0.960. The summed E-state index contributed by atoms with van der Waals surface area (Å²) in [5.41, 5.74) is 0. The molecular formula is C3H2IOP. The van der Waals surface area contributed by atoms with E-state index in [9.17, 15) is 0 Å². The number of rotatable bonds is 0. The lowest BCUT2D eigenvalue weighted by molar-refractivity contribution is 0.692. The van der Waals surface area contributed by atoms with Crippen molar-refractivity contribution in [3.8, 4) is 0 Å². The van der Waals surface area contributed by atoms with Crippen molar-refractivity contribution in [3.05, 3.63) is 15.6 Å². The summed E-state index contributed by atoms with van der Waals surface area (Å²) in [6, 6.07) is 0. The average Bonchev–Trinajstić information content (AvgIpc) is 1.86. The van der Waals surface area contributed by atoms with Gasteiger partial charge in [-0.15, -0.1) is 0 Å². The molecule has 0 fully saturated rings. The zero-order valence-corrected chi connectivity index (χ0v) is 5.94. The van der Waals surface area contributed by atoms with E-state index in [1.165, 1.54) is 3.57 Å². The Hall–Kier alpha value is 0.440. The van der Waals surface area contributed by atoms with Gasteiger partial charge in [0.25, 0.3) is 0 Å². The van der Waals surface area contributed by atoms with Gasteiger partial charge in [-0.05, 0) is 22.6 Å². The van der Waals surface area contributed by atoms with Crippen molar-refractivity contribution in [1.29, 1.82) is 0 Å². The Kier molecular flexibility index (Phi) is 1.48. The third-order valence-corrected chi connectivity index (χ3v) is 2.07. The molecule has 0 saturated heterocycles. The molecule has 0 radical (unpaired) electrons. The number of hydrogen-bond acceptors (Lipinski definition) is 1. The number of hydrogen-bond donors (Lipinski definition) is 0. The zero-order valence-electron chi connectivity index (χ0n) is 2.89. The highest BCUT2D eigenvalue weighted by molar-refractivity contribution is 14.1. The monoisotopic (exact) mass is 212 g/mol. The minimum absolute atomic E-state index is 0.960. The Balaban J connectivity index is 3.05. The summed E-state index contributed by atoms with van der Waals surface area (Å²) in [6.07, 6.45) is 1.74. The first kappa shape index (κ1) is 4.60. The Morgan fingerprint density at radius 3 is 2.83 bits per heavy atom. The van der Waals surface area contributed by atoms with Crippen molar-refractivity contribution in [2.24, 2.45) is 0 Å². The van der Waals surface area contributed by atoms with Crippen LogP contribution in [0.4, 0.5) is 0 Å². The lowest BCUT2D eigenvalue weighted by Gasteiger charge is -1.59. The van der Waals surface area contributed by atoms with Gasteiger partial charge in [-0.2, -0.15) is 0 Å². The van der Waals surface area contributed by atoms with Crippen LogP contribution in [0.25, 0.3) is 0 Å². The summed E-state index contributed by atoms with van der Waals surface area (Å²) in [5.74, 6) is 2.00. The quantitative estimate of drug-likeness (QED) is 0.602. The molecule has 1 aromatic heterocycles. The molecule has 0 aliphatic rings. The third-order valence-electron chi connectivity index (χ3n) is 0.402. The molecule has 0 amide bonds. The standard InChI is InChI=1S/C3H2IOP/c4-3-1-5-6-2-3/h1-2H. The molecule has 6 heavy (non-hydrogen) atoms. The van der Waals surface area contributed by atoms with Crippen molar-refractivity contribution < 1.29 is 4.20 Å². The Morgan fingerprint density at radius 2 is 2.67 bits per heavy atom. The molecular weight excluding hydrogens is 210 g/mol. The van der Waals surface area contributed by atoms with E-state index in [-0.39, 0.29) is 0 Å². The minimum atomic E-state index is 0.960. The smallest absolute Gasteiger partial charge is 0.125 e. The van der Waals surface area contributed by atoms with Crippen molar-refractivity contribution in [2.75, 3.05) is 0 Å². The van der Waals surface area contributed by atoms with Crippen LogP contribution < -0.4 is 0 Å². The van der Waals surface area contributed by atoms with Gasteiger partial charge < -0.3 is 4.20 Å². The lowest BCUT2D eigenvalue weighted by atomic mass is 10.8. The molecule has 0 unspecified atom stereocenters. The van der Waals surface area contributed by atoms with E-state index in [2.05, 4.69) is 22.6 Å². The van der Waals surface area contributed by atoms with Crippen LogP contribution in [0.5, 0.6) is 0 Å². The first-order valence-corrected chi connectivity index (χ1v) is 3.40. The summed E-state index contributed by atoms with van der Waals surface area (Å²) >= 11 is 2.21. The predicted octanol–water partition coefficient (Wildman–Crippen LogP) is 2.46.